The number of amides is 2. The number of carbonyl (C=O) groups excluding carboxylic acids is 2. The maximum Gasteiger partial charge on any atom is 0.227 e. The van der Waals surface area contributed by atoms with Gasteiger partial charge in [-0.3, -0.25) is 9.59 Å². The van der Waals surface area contributed by atoms with Crippen molar-refractivity contribution >= 4 is 23.2 Å². The summed E-state index contributed by atoms with van der Waals surface area (Å²) < 4.78 is 24.2. The molecule has 0 unspecified atom stereocenters. The van der Waals surface area contributed by atoms with Gasteiger partial charge in [0.1, 0.15) is 11.6 Å². The van der Waals surface area contributed by atoms with E-state index >= 15 is 0 Å². The lowest BCUT2D eigenvalue weighted by molar-refractivity contribution is -0.116. The van der Waals surface area contributed by atoms with Crippen LogP contribution in [0.15, 0.2) is 47.0 Å². The van der Waals surface area contributed by atoms with Gasteiger partial charge in [0, 0.05) is 31.0 Å². The maximum atomic E-state index is 13.9. The molecule has 150 valence electrons. The molecule has 0 spiro atoms. The van der Waals surface area contributed by atoms with Gasteiger partial charge in [-0.2, -0.15) is 4.98 Å². The number of nitrogens with one attached hydrogen (secondary N) is 2. The van der Waals surface area contributed by atoms with Crippen molar-refractivity contribution in [3.8, 4) is 17.1 Å². The van der Waals surface area contributed by atoms with E-state index in [1.807, 2.05) is 0 Å². The molecular weight excluding hydrogens is 379 g/mol. The molecule has 2 N–H and O–H groups in total. The van der Waals surface area contributed by atoms with E-state index in [9.17, 15) is 14.0 Å². The first kappa shape index (κ1) is 20.0. The number of carbonyl (C=O) groups is 2. The summed E-state index contributed by atoms with van der Waals surface area (Å²) in [5.41, 5.74) is 1.11. The summed E-state index contributed by atoms with van der Waals surface area (Å²) in [6, 6.07) is 11.1. The second kappa shape index (κ2) is 8.96. The summed E-state index contributed by atoms with van der Waals surface area (Å²) in [7, 11) is 1.58. The number of benzene rings is 2. The third kappa shape index (κ3) is 5.38. The van der Waals surface area contributed by atoms with Gasteiger partial charge < -0.3 is 19.9 Å². The number of rotatable bonds is 7. The van der Waals surface area contributed by atoms with E-state index in [-0.39, 0.29) is 24.4 Å². The van der Waals surface area contributed by atoms with Crippen molar-refractivity contribution < 1.29 is 23.2 Å². The Kier molecular flexibility index (Phi) is 6.18. The summed E-state index contributed by atoms with van der Waals surface area (Å²) in [6.07, 6.45) is 0.218. The highest BCUT2D eigenvalue weighted by atomic mass is 19.1. The van der Waals surface area contributed by atoms with Crippen LogP contribution >= 0.6 is 0 Å². The summed E-state index contributed by atoms with van der Waals surface area (Å²) in [4.78, 5) is 27.5. The zero-order chi connectivity index (χ0) is 20.8. The van der Waals surface area contributed by atoms with Crippen LogP contribution < -0.4 is 15.4 Å². The molecule has 0 aliphatic heterocycles. The minimum Gasteiger partial charge on any atom is -0.497 e. The SMILES string of the molecule is COc1ccc(-c2noc(CCC(=O)Nc3cc(NC(C)=O)ccc3F)n2)cc1. The van der Waals surface area contributed by atoms with Gasteiger partial charge in [0.2, 0.25) is 23.5 Å². The second-order valence-electron chi connectivity index (χ2n) is 6.16. The minimum atomic E-state index is -0.605. The number of nitrogens with zero attached hydrogens (tertiary/aromatic N) is 2. The predicted molar refractivity (Wildman–Crippen MR) is 104 cm³/mol. The van der Waals surface area contributed by atoms with Crippen molar-refractivity contribution in [1.29, 1.82) is 0 Å². The standard InChI is InChI=1S/C20H19FN4O4/c1-12(26)22-14-5-8-16(21)17(11-14)23-18(27)9-10-19-24-20(25-29-19)13-3-6-15(28-2)7-4-13/h3-8,11H,9-10H2,1-2H3,(H,22,26)(H,23,27). The Morgan fingerprint density at radius 1 is 1.14 bits per heavy atom. The Morgan fingerprint density at radius 3 is 2.59 bits per heavy atom. The van der Waals surface area contributed by atoms with Gasteiger partial charge in [0.25, 0.3) is 0 Å². The highest BCUT2D eigenvalue weighted by molar-refractivity contribution is 5.93. The van der Waals surface area contributed by atoms with Crippen molar-refractivity contribution in [2.45, 2.75) is 19.8 Å². The number of hydrogen-bond donors (Lipinski definition) is 2. The van der Waals surface area contributed by atoms with Crippen LogP contribution in [0.3, 0.4) is 0 Å². The van der Waals surface area contributed by atoms with Crippen LogP contribution in [0.4, 0.5) is 15.8 Å². The van der Waals surface area contributed by atoms with Crippen molar-refractivity contribution in [3.05, 3.63) is 54.2 Å². The van der Waals surface area contributed by atoms with Crippen molar-refractivity contribution in [1.82, 2.24) is 10.1 Å². The topological polar surface area (TPSA) is 106 Å². The van der Waals surface area contributed by atoms with E-state index in [4.69, 9.17) is 9.26 Å². The van der Waals surface area contributed by atoms with Crippen LogP contribution in [0.5, 0.6) is 5.75 Å². The first-order valence-corrected chi connectivity index (χ1v) is 8.78. The molecule has 0 fully saturated rings. The average molecular weight is 398 g/mol. The van der Waals surface area contributed by atoms with Gasteiger partial charge >= 0.3 is 0 Å². The van der Waals surface area contributed by atoms with E-state index < -0.39 is 11.7 Å². The smallest absolute Gasteiger partial charge is 0.227 e. The van der Waals surface area contributed by atoms with Gasteiger partial charge in [0.05, 0.1) is 12.8 Å². The quantitative estimate of drug-likeness (QED) is 0.632. The van der Waals surface area contributed by atoms with Crippen molar-refractivity contribution in [2.24, 2.45) is 0 Å². The van der Waals surface area contributed by atoms with Gasteiger partial charge in [0.15, 0.2) is 0 Å². The molecule has 0 bridgehead atoms. The highest BCUT2D eigenvalue weighted by Crippen LogP contribution is 2.21. The molecule has 1 heterocycles. The lowest BCUT2D eigenvalue weighted by atomic mass is 10.2. The van der Waals surface area contributed by atoms with E-state index in [1.165, 1.54) is 25.1 Å². The summed E-state index contributed by atoms with van der Waals surface area (Å²) >= 11 is 0. The first-order valence-electron chi connectivity index (χ1n) is 8.78. The fraction of sp³-hybridized carbons (Fsp3) is 0.200. The molecule has 8 nitrogen and oxygen atoms in total. The Hall–Kier alpha value is -3.75. The molecule has 29 heavy (non-hydrogen) atoms. The lowest BCUT2D eigenvalue weighted by Gasteiger charge is -2.08. The number of ether oxygens (including phenoxy) is 1. The molecule has 0 radical (unpaired) electrons. The molecule has 3 rings (SSSR count). The van der Waals surface area contributed by atoms with Gasteiger partial charge in [-0.15, -0.1) is 0 Å². The van der Waals surface area contributed by atoms with Crippen LogP contribution in [0, 0.1) is 5.82 Å². The monoisotopic (exact) mass is 398 g/mol. The molecule has 2 amide bonds. The summed E-state index contributed by atoms with van der Waals surface area (Å²) in [6.45, 7) is 1.34. The average Bonchev–Trinajstić information content (AvgIpc) is 3.18. The molecule has 1 aromatic heterocycles. The third-order valence-corrected chi connectivity index (χ3v) is 3.94. The fourth-order valence-corrected chi connectivity index (χ4v) is 2.55. The lowest BCUT2D eigenvalue weighted by Crippen LogP contribution is -2.14. The Bertz CT molecular complexity index is 1020. The summed E-state index contributed by atoms with van der Waals surface area (Å²) in [5.74, 6) is 0.0811. The van der Waals surface area contributed by atoms with E-state index in [0.29, 0.717) is 23.2 Å². The predicted octanol–water partition coefficient (Wildman–Crippen LogP) is 3.41. The molecular formula is C20H19FN4O4. The van der Waals surface area contributed by atoms with Crippen LogP contribution in [0.1, 0.15) is 19.2 Å². The normalized spacial score (nSPS) is 10.4. The molecule has 0 aliphatic carbocycles. The molecule has 0 saturated heterocycles. The summed E-state index contributed by atoms with van der Waals surface area (Å²) in [5, 5.41) is 8.91. The van der Waals surface area contributed by atoms with Crippen LogP contribution in [-0.2, 0) is 16.0 Å². The largest absolute Gasteiger partial charge is 0.497 e. The number of halogens is 1. The Balaban J connectivity index is 1.58. The Labute approximate surface area is 166 Å². The number of aromatic nitrogens is 2. The van der Waals surface area contributed by atoms with Crippen LogP contribution in [-0.4, -0.2) is 29.1 Å². The zero-order valence-corrected chi connectivity index (χ0v) is 15.9. The van der Waals surface area contributed by atoms with Crippen molar-refractivity contribution in [3.63, 3.8) is 0 Å². The Morgan fingerprint density at radius 2 is 1.90 bits per heavy atom. The highest BCUT2D eigenvalue weighted by Gasteiger charge is 2.13. The molecule has 2 aromatic carbocycles. The maximum absolute atomic E-state index is 13.9. The number of hydrogen-bond acceptors (Lipinski definition) is 6. The number of methoxy groups -OCH3 is 1. The number of aryl methyl sites for hydroxylation is 1. The van der Waals surface area contributed by atoms with Gasteiger partial charge in [-0.25, -0.2) is 4.39 Å². The number of anilines is 2. The van der Waals surface area contributed by atoms with E-state index in [0.717, 1.165) is 5.56 Å². The molecule has 3 aromatic rings. The molecule has 0 aliphatic rings. The minimum absolute atomic E-state index is 0.0219. The molecule has 9 heteroatoms. The second-order valence-corrected chi connectivity index (χ2v) is 6.16. The van der Waals surface area contributed by atoms with E-state index in [1.54, 1.807) is 31.4 Å². The van der Waals surface area contributed by atoms with Crippen LogP contribution in [0.2, 0.25) is 0 Å². The van der Waals surface area contributed by atoms with E-state index in [2.05, 4.69) is 20.8 Å². The van der Waals surface area contributed by atoms with Gasteiger partial charge in [-0.05, 0) is 42.5 Å². The molecule has 0 atom stereocenters. The van der Waals surface area contributed by atoms with Crippen LogP contribution in [0.25, 0.3) is 11.4 Å². The molecule has 0 saturated carbocycles. The van der Waals surface area contributed by atoms with Gasteiger partial charge in [-0.1, -0.05) is 5.16 Å². The third-order valence-electron chi connectivity index (χ3n) is 3.94. The zero-order valence-electron chi connectivity index (χ0n) is 15.9. The fourth-order valence-electron chi connectivity index (χ4n) is 2.55. The van der Waals surface area contributed by atoms with Crippen molar-refractivity contribution in [2.75, 3.05) is 17.7 Å². The first-order chi connectivity index (χ1) is 13.9.